The SMILES string of the molecule is COC(=O)[C@@]1(OCCCCCC(=O)OC(C)(C)C)C[C@H](OC(C)=O)[C@@H](NC(=O)COC(C)=O)[C@H]([C@H](OC(C)=O)[C@@H](CNC(=O)Cc2ccc(Cl)cc2)OC(C)=O)O1. The van der Waals surface area contributed by atoms with Crippen molar-refractivity contribution in [2.24, 2.45) is 0 Å². The first-order valence-electron chi connectivity index (χ1n) is 18.2. The fraction of sp³-hybridized carbons (Fsp3) is 0.632. The lowest BCUT2D eigenvalue weighted by Crippen LogP contribution is -2.70. The summed E-state index contributed by atoms with van der Waals surface area (Å²) >= 11 is 5.96. The number of rotatable bonds is 20. The molecule has 1 aromatic rings. The van der Waals surface area contributed by atoms with Crippen LogP contribution in [0.2, 0.25) is 5.02 Å². The van der Waals surface area contributed by atoms with Crippen LogP contribution in [0, 0.1) is 0 Å². The lowest BCUT2D eigenvalue weighted by molar-refractivity contribution is -0.313. The van der Waals surface area contributed by atoms with Crippen LogP contribution in [-0.4, -0.2) is 116 Å². The Balaban J connectivity index is 2.57. The van der Waals surface area contributed by atoms with E-state index in [2.05, 4.69) is 10.6 Å². The fourth-order valence-corrected chi connectivity index (χ4v) is 5.91. The van der Waals surface area contributed by atoms with E-state index in [1.165, 1.54) is 0 Å². The van der Waals surface area contributed by atoms with Gasteiger partial charge in [-0.15, -0.1) is 0 Å². The number of nitrogens with one attached hydrogen (secondary N) is 2. The van der Waals surface area contributed by atoms with Gasteiger partial charge in [0.15, 0.2) is 18.8 Å². The molecule has 1 saturated heterocycles. The summed E-state index contributed by atoms with van der Waals surface area (Å²) in [5, 5.41) is 5.63. The van der Waals surface area contributed by atoms with Crippen molar-refractivity contribution in [3.8, 4) is 0 Å². The average molecular weight is 829 g/mol. The minimum Gasteiger partial charge on any atom is -0.465 e. The zero-order chi connectivity index (χ0) is 42.9. The molecule has 0 saturated carbocycles. The molecule has 1 aliphatic heterocycles. The molecule has 57 heavy (non-hydrogen) atoms. The van der Waals surface area contributed by atoms with Gasteiger partial charge in [-0.1, -0.05) is 30.2 Å². The van der Waals surface area contributed by atoms with Crippen molar-refractivity contribution >= 4 is 59.2 Å². The van der Waals surface area contributed by atoms with Gasteiger partial charge in [-0.05, 0) is 51.3 Å². The predicted molar refractivity (Wildman–Crippen MR) is 198 cm³/mol. The quantitative estimate of drug-likeness (QED) is 0.109. The number of carbonyl (C=O) groups excluding carboxylic acids is 8. The molecule has 2 N–H and O–H groups in total. The van der Waals surface area contributed by atoms with E-state index in [1.54, 1.807) is 45.0 Å². The largest absolute Gasteiger partial charge is 0.465 e. The summed E-state index contributed by atoms with van der Waals surface area (Å²) in [7, 11) is 1.04. The number of amides is 2. The zero-order valence-electron chi connectivity index (χ0n) is 33.5. The molecular formula is C38H53ClN2O16. The zero-order valence-corrected chi connectivity index (χ0v) is 34.2. The highest BCUT2D eigenvalue weighted by molar-refractivity contribution is 6.30. The maximum absolute atomic E-state index is 13.6. The minimum absolute atomic E-state index is 0.122. The first-order chi connectivity index (χ1) is 26.6. The van der Waals surface area contributed by atoms with E-state index in [1.807, 2.05) is 0 Å². The van der Waals surface area contributed by atoms with Gasteiger partial charge >= 0.3 is 35.8 Å². The Labute approximate surface area is 336 Å². The molecule has 1 fully saturated rings. The minimum atomic E-state index is -2.39. The Morgan fingerprint density at radius 2 is 1.53 bits per heavy atom. The third-order valence-corrected chi connectivity index (χ3v) is 8.22. The third kappa shape index (κ3) is 17.5. The van der Waals surface area contributed by atoms with Crippen LogP contribution in [0.5, 0.6) is 0 Å². The molecule has 2 rings (SSSR count). The predicted octanol–water partition coefficient (Wildman–Crippen LogP) is 2.42. The summed E-state index contributed by atoms with van der Waals surface area (Å²) in [6, 6.07) is 4.96. The van der Waals surface area contributed by atoms with Gasteiger partial charge in [0.1, 0.15) is 17.8 Å². The van der Waals surface area contributed by atoms with Gasteiger partial charge in [0.25, 0.3) is 11.7 Å². The van der Waals surface area contributed by atoms with E-state index < -0.39 is 103 Å². The number of benzene rings is 1. The summed E-state index contributed by atoms with van der Waals surface area (Å²) in [6.07, 6.45) is -5.96. The standard InChI is InChI=1S/C38H53ClN2O16/c1-22(42)51-21-31(47)41-33-28(53-23(2)43)19-38(36(49)50-8,52-17-11-9-10-12-32(48)56-37(5,6)7)57-35(33)34(55-25(4)45)29(54-24(3)44)20-40-30(46)18-26-13-15-27(39)16-14-26/h13-16,28-29,33-35H,9-12,17-21H2,1-8H3,(H,40,46)(H,41,47)/t28-,29+,33+,34+,35+,38+/m0/s1. The van der Waals surface area contributed by atoms with E-state index in [-0.39, 0.29) is 25.4 Å². The van der Waals surface area contributed by atoms with Crippen molar-refractivity contribution < 1.29 is 76.3 Å². The highest BCUT2D eigenvalue weighted by Gasteiger charge is 2.59. The smallest absolute Gasteiger partial charge is 0.366 e. The fourth-order valence-electron chi connectivity index (χ4n) is 5.78. The van der Waals surface area contributed by atoms with Crippen molar-refractivity contribution in [1.29, 1.82) is 0 Å². The van der Waals surface area contributed by atoms with Crippen LogP contribution in [0.3, 0.4) is 0 Å². The molecule has 0 radical (unpaired) electrons. The molecule has 1 aromatic carbocycles. The lowest BCUT2D eigenvalue weighted by atomic mass is 9.87. The summed E-state index contributed by atoms with van der Waals surface area (Å²) in [4.78, 5) is 101. The van der Waals surface area contributed by atoms with Gasteiger partial charge in [-0.3, -0.25) is 33.6 Å². The summed E-state index contributed by atoms with van der Waals surface area (Å²) in [5.41, 5.74) is -0.0580. The van der Waals surface area contributed by atoms with Crippen LogP contribution >= 0.6 is 11.6 Å². The van der Waals surface area contributed by atoms with Crippen LogP contribution < -0.4 is 10.6 Å². The first-order valence-corrected chi connectivity index (χ1v) is 18.6. The van der Waals surface area contributed by atoms with Crippen molar-refractivity contribution in [2.45, 2.75) is 129 Å². The normalized spacial score (nSPS) is 20.1. The number of methoxy groups -OCH3 is 1. The second kappa shape index (κ2) is 22.8. The second-order valence-electron chi connectivity index (χ2n) is 14.1. The van der Waals surface area contributed by atoms with Gasteiger partial charge < -0.3 is 48.5 Å². The molecule has 0 bridgehead atoms. The first kappa shape index (κ1) is 48.3. The van der Waals surface area contributed by atoms with Crippen molar-refractivity contribution in [1.82, 2.24) is 10.6 Å². The van der Waals surface area contributed by atoms with E-state index in [0.29, 0.717) is 29.8 Å². The van der Waals surface area contributed by atoms with E-state index in [4.69, 9.17) is 49.5 Å². The molecule has 318 valence electrons. The van der Waals surface area contributed by atoms with Crippen LogP contribution in [0.15, 0.2) is 24.3 Å². The van der Waals surface area contributed by atoms with E-state index >= 15 is 0 Å². The van der Waals surface area contributed by atoms with Crippen molar-refractivity contribution in [3.05, 3.63) is 34.9 Å². The Kier molecular flexibility index (Phi) is 19.3. The average Bonchev–Trinajstić information content (AvgIpc) is 3.10. The van der Waals surface area contributed by atoms with Gasteiger partial charge in [-0.2, -0.15) is 0 Å². The highest BCUT2D eigenvalue weighted by atomic mass is 35.5. The maximum atomic E-state index is 13.6. The maximum Gasteiger partial charge on any atom is 0.366 e. The van der Waals surface area contributed by atoms with E-state index in [9.17, 15) is 38.4 Å². The molecule has 1 aliphatic rings. The molecular weight excluding hydrogens is 776 g/mol. The molecule has 2 amide bonds. The van der Waals surface area contributed by atoms with Gasteiger partial charge in [0.05, 0.1) is 39.1 Å². The third-order valence-electron chi connectivity index (χ3n) is 7.97. The van der Waals surface area contributed by atoms with Crippen molar-refractivity contribution in [2.75, 3.05) is 26.9 Å². The number of unbranched alkanes of at least 4 members (excludes halogenated alkanes) is 2. The van der Waals surface area contributed by atoms with Crippen LogP contribution in [0.25, 0.3) is 0 Å². The monoisotopic (exact) mass is 828 g/mol. The van der Waals surface area contributed by atoms with E-state index in [0.717, 1.165) is 34.8 Å². The van der Waals surface area contributed by atoms with Gasteiger partial charge in [0.2, 0.25) is 5.91 Å². The molecule has 0 unspecified atom stereocenters. The number of carbonyl (C=O) groups is 8. The Morgan fingerprint density at radius 1 is 0.877 bits per heavy atom. The molecule has 6 atom stereocenters. The molecule has 0 aromatic heterocycles. The summed E-state index contributed by atoms with van der Waals surface area (Å²) in [5.74, 6) is -8.82. The Bertz CT molecular complexity index is 1580. The molecule has 19 heteroatoms. The number of hydrogen-bond donors (Lipinski definition) is 2. The van der Waals surface area contributed by atoms with Crippen molar-refractivity contribution in [3.63, 3.8) is 0 Å². The van der Waals surface area contributed by atoms with Gasteiger partial charge in [-0.25, -0.2) is 4.79 Å². The topological polar surface area (TPSA) is 234 Å². The summed E-state index contributed by atoms with van der Waals surface area (Å²) < 4.78 is 44.4. The van der Waals surface area contributed by atoms with Crippen LogP contribution in [-0.2, 0) is 82.7 Å². The number of hydrogen-bond acceptors (Lipinski definition) is 16. The van der Waals surface area contributed by atoms with Gasteiger partial charge in [0, 0.05) is 39.1 Å². The number of halogens is 1. The van der Waals surface area contributed by atoms with Crippen LogP contribution in [0.1, 0.15) is 86.1 Å². The molecule has 18 nitrogen and oxygen atoms in total. The van der Waals surface area contributed by atoms with Crippen LogP contribution in [0.4, 0.5) is 0 Å². The second-order valence-corrected chi connectivity index (χ2v) is 14.6. The lowest BCUT2D eigenvalue weighted by Gasteiger charge is -2.48. The molecule has 1 heterocycles. The summed E-state index contributed by atoms with van der Waals surface area (Å²) in [6.45, 7) is 8.03. The molecule has 0 spiro atoms. The number of ether oxygens (including phenoxy) is 8. The Morgan fingerprint density at radius 3 is 2.09 bits per heavy atom. The highest BCUT2D eigenvalue weighted by Crippen LogP contribution is 2.37. The Hall–Kier alpha value is -4.81. The molecule has 0 aliphatic carbocycles. The number of esters is 6.